The van der Waals surface area contributed by atoms with Gasteiger partial charge in [-0.05, 0) is 39.7 Å². The summed E-state index contributed by atoms with van der Waals surface area (Å²) in [7, 11) is 4.19. The number of piperazine rings is 1. The SMILES string of the molecule is CN(C)CCCN1CCN(c2ccc([N+](=O)[O-])cn2)CC1.Cl.Cl. The molecule has 1 aliphatic rings. The van der Waals surface area contributed by atoms with Crippen molar-refractivity contribution in [3.63, 3.8) is 0 Å². The maximum Gasteiger partial charge on any atom is 0.287 e. The van der Waals surface area contributed by atoms with E-state index in [0.717, 1.165) is 45.1 Å². The molecule has 2 heterocycles. The first-order chi connectivity index (χ1) is 10.1. The lowest BCUT2D eigenvalue weighted by atomic mass is 10.2. The number of pyridine rings is 1. The highest BCUT2D eigenvalue weighted by atomic mass is 35.5. The molecule has 1 aromatic rings. The van der Waals surface area contributed by atoms with Crippen LogP contribution < -0.4 is 4.90 Å². The maximum atomic E-state index is 10.6. The molecule has 0 unspecified atom stereocenters. The van der Waals surface area contributed by atoms with Crippen molar-refractivity contribution < 1.29 is 4.92 Å². The van der Waals surface area contributed by atoms with Crippen LogP contribution >= 0.6 is 24.8 Å². The van der Waals surface area contributed by atoms with Crippen molar-refractivity contribution in [3.8, 4) is 0 Å². The van der Waals surface area contributed by atoms with Crippen LogP contribution in [0.25, 0.3) is 0 Å². The van der Waals surface area contributed by atoms with Crippen LogP contribution in [0.15, 0.2) is 18.3 Å². The fourth-order valence-corrected chi connectivity index (χ4v) is 2.48. The van der Waals surface area contributed by atoms with Gasteiger partial charge in [0.25, 0.3) is 5.69 Å². The zero-order valence-electron chi connectivity index (χ0n) is 13.6. The summed E-state index contributed by atoms with van der Waals surface area (Å²) < 4.78 is 0. The molecule has 2 rings (SSSR count). The van der Waals surface area contributed by atoms with Gasteiger partial charge >= 0.3 is 0 Å². The van der Waals surface area contributed by atoms with Crippen molar-refractivity contribution in [2.75, 3.05) is 58.3 Å². The fraction of sp³-hybridized carbons (Fsp3) is 0.643. The smallest absolute Gasteiger partial charge is 0.287 e. The summed E-state index contributed by atoms with van der Waals surface area (Å²) in [4.78, 5) is 21.3. The molecule has 1 aliphatic heterocycles. The lowest BCUT2D eigenvalue weighted by Gasteiger charge is -2.35. The highest BCUT2D eigenvalue weighted by molar-refractivity contribution is 5.85. The van der Waals surface area contributed by atoms with E-state index in [9.17, 15) is 10.1 Å². The van der Waals surface area contributed by atoms with Crippen LogP contribution in [0.3, 0.4) is 0 Å². The summed E-state index contributed by atoms with van der Waals surface area (Å²) in [6.45, 7) is 6.13. The molecule has 0 spiro atoms. The minimum absolute atomic E-state index is 0. The van der Waals surface area contributed by atoms with Crippen LogP contribution in [0, 0.1) is 10.1 Å². The molecule has 7 nitrogen and oxygen atoms in total. The number of aromatic nitrogens is 1. The molecule has 0 N–H and O–H groups in total. The number of rotatable bonds is 6. The van der Waals surface area contributed by atoms with Crippen LogP contribution in [0.5, 0.6) is 0 Å². The highest BCUT2D eigenvalue weighted by Gasteiger charge is 2.18. The Bertz CT molecular complexity index is 465. The van der Waals surface area contributed by atoms with Crippen LogP contribution in [-0.2, 0) is 0 Å². The van der Waals surface area contributed by atoms with Gasteiger partial charge in [0.2, 0.25) is 0 Å². The maximum absolute atomic E-state index is 10.6. The quantitative estimate of drug-likeness (QED) is 0.566. The number of anilines is 1. The van der Waals surface area contributed by atoms with Crippen molar-refractivity contribution in [2.24, 2.45) is 0 Å². The third-order valence-electron chi connectivity index (χ3n) is 3.72. The Hall–Kier alpha value is -1.15. The standard InChI is InChI=1S/C14H23N5O2.2ClH/c1-16(2)6-3-7-17-8-10-18(11-9-17)14-5-4-13(12-15-14)19(20)21;;/h4-5,12H,3,6-11H2,1-2H3;2*1H. The van der Waals surface area contributed by atoms with E-state index < -0.39 is 4.92 Å². The van der Waals surface area contributed by atoms with Crippen molar-refractivity contribution >= 4 is 36.3 Å². The second kappa shape index (κ2) is 10.6. The Kier molecular flexibility index (Phi) is 10.1. The summed E-state index contributed by atoms with van der Waals surface area (Å²) in [5, 5.41) is 10.6. The molecular formula is C14H25Cl2N5O2. The van der Waals surface area contributed by atoms with Gasteiger partial charge in [-0.1, -0.05) is 0 Å². The Morgan fingerprint density at radius 3 is 2.35 bits per heavy atom. The predicted molar refractivity (Wildman–Crippen MR) is 97.2 cm³/mol. The molecule has 0 amide bonds. The third-order valence-corrected chi connectivity index (χ3v) is 3.72. The summed E-state index contributed by atoms with van der Waals surface area (Å²) in [5.74, 6) is 0.827. The van der Waals surface area contributed by atoms with Gasteiger partial charge in [-0.2, -0.15) is 0 Å². The minimum atomic E-state index is -0.417. The van der Waals surface area contributed by atoms with E-state index in [1.165, 1.54) is 18.7 Å². The molecule has 1 saturated heterocycles. The van der Waals surface area contributed by atoms with Gasteiger partial charge in [0.1, 0.15) is 12.0 Å². The van der Waals surface area contributed by atoms with Gasteiger partial charge in [0, 0.05) is 32.2 Å². The molecular weight excluding hydrogens is 341 g/mol. The zero-order valence-corrected chi connectivity index (χ0v) is 15.2. The van der Waals surface area contributed by atoms with Crippen LogP contribution in [-0.4, -0.2) is 73.1 Å². The van der Waals surface area contributed by atoms with E-state index in [0.29, 0.717) is 0 Å². The molecule has 9 heteroatoms. The average Bonchev–Trinajstić information content (AvgIpc) is 2.48. The Balaban J connectivity index is 0.00000242. The van der Waals surface area contributed by atoms with E-state index in [1.807, 2.05) is 0 Å². The normalized spacial score (nSPS) is 15.0. The predicted octanol–water partition coefficient (Wildman–Crippen LogP) is 1.91. The van der Waals surface area contributed by atoms with Crippen LogP contribution in [0.4, 0.5) is 11.5 Å². The molecule has 0 bridgehead atoms. The molecule has 0 saturated carbocycles. The highest BCUT2D eigenvalue weighted by Crippen LogP contribution is 2.17. The Morgan fingerprint density at radius 1 is 1.22 bits per heavy atom. The topological polar surface area (TPSA) is 65.8 Å². The van der Waals surface area contributed by atoms with Crippen molar-refractivity contribution in [1.82, 2.24) is 14.8 Å². The molecule has 1 aromatic heterocycles. The zero-order chi connectivity index (χ0) is 15.2. The van der Waals surface area contributed by atoms with E-state index in [1.54, 1.807) is 6.07 Å². The first kappa shape index (κ1) is 21.9. The van der Waals surface area contributed by atoms with Crippen LogP contribution in [0.2, 0.25) is 0 Å². The lowest BCUT2D eigenvalue weighted by molar-refractivity contribution is -0.385. The van der Waals surface area contributed by atoms with Gasteiger partial charge in [-0.25, -0.2) is 4.98 Å². The molecule has 23 heavy (non-hydrogen) atoms. The van der Waals surface area contributed by atoms with Gasteiger partial charge in [-0.3, -0.25) is 15.0 Å². The van der Waals surface area contributed by atoms with Gasteiger partial charge in [0.05, 0.1) is 4.92 Å². The third kappa shape index (κ3) is 6.87. The van der Waals surface area contributed by atoms with Crippen molar-refractivity contribution in [2.45, 2.75) is 6.42 Å². The second-order valence-electron chi connectivity index (χ2n) is 5.62. The minimum Gasteiger partial charge on any atom is -0.354 e. The van der Waals surface area contributed by atoms with E-state index >= 15 is 0 Å². The lowest BCUT2D eigenvalue weighted by Crippen LogP contribution is -2.47. The number of halogens is 2. The van der Waals surface area contributed by atoms with Gasteiger partial charge in [0.15, 0.2) is 0 Å². The van der Waals surface area contributed by atoms with E-state index in [-0.39, 0.29) is 30.5 Å². The molecule has 0 aromatic carbocycles. The number of nitro groups is 1. The van der Waals surface area contributed by atoms with E-state index in [2.05, 4.69) is 33.8 Å². The summed E-state index contributed by atoms with van der Waals surface area (Å²) in [5.41, 5.74) is 0.0427. The Labute approximate surface area is 149 Å². The van der Waals surface area contributed by atoms with Crippen molar-refractivity contribution in [3.05, 3.63) is 28.4 Å². The molecule has 132 valence electrons. The second-order valence-corrected chi connectivity index (χ2v) is 5.62. The first-order valence-corrected chi connectivity index (χ1v) is 7.29. The van der Waals surface area contributed by atoms with Gasteiger partial charge in [-0.15, -0.1) is 24.8 Å². The summed E-state index contributed by atoms with van der Waals surface area (Å²) in [6, 6.07) is 3.26. The average molecular weight is 366 g/mol. The monoisotopic (exact) mass is 365 g/mol. The van der Waals surface area contributed by atoms with Crippen LogP contribution in [0.1, 0.15) is 6.42 Å². The summed E-state index contributed by atoms with van der Waals surface area (Å²) in [6.07, 6.45) is 2.52. The van der Waals surface area contributed by atoms with Crippen molar-refractivity contribution in [1.29, 1.82) is 0 Å². The summed E-state index contributed by atoms with van der Waals surface area (Å²) >= 11 is 0. The van der Waals surface area contributed by atoms with E-state index in [4.69, 9.17) is 0 Å². The number of nitrogens with zero attached hydrogens (tertiary/aromatic N) is 5. The number of hydrogen-bond acceptors (Lipinski definition) is 6. The number of hydrogen-bond donors (Lipinski definition) is 0. The fourth-order valence-electron chi connectivity index (χ4n) is 2.48. The molecule has 1 fully saturated rings. The molecule has 0 atom stereocenters. The first-order valence-electron chi connectivity index (χ1n) is 7.29. The largest absolute Gasteiger partial charge is 0.354 e. The molecule has 0 radical (unpaired) electrons. The molecule has 0 aliphatic carbocycles. The Morgan fingerprint density at radius 2 is 1.87 bits per heavy atom. The van der Waals surface area contributed by atoms with Gasteiger partial charge < -0.3 is 9.80 Å².